The number of hydrogen-bond acceptors (Lipinski definition) is 4. The minimum absolute atomic E-state index is 0.176. The highest BCUT2D eigenvalue weighted by Crippen LogP contribution is 2.46. The standard InChI is InChI=1S/C16H16O4/c1-15(2)10-19-14(18)16(15)9-12(8-13(17)20-16)11-6-4-3-5-7-11/h3-7,9H,8,10H2,1-2H3/t16-/m0/s1. The Morgan fingerprint density at radius 1 is 1.10 bits per heavy atom. The number of cyclic esters (lactones) is 1. The van der Waals surface area contributed by atoms with Gasteiger partial charge >= 0.3 is 11.9 Å². The number of esters is 2. The van der Waals surface area contributed by atoms with Crippen molar-refractivity contribution in [2.45, 2.75) is 25.9 Å². The van der Waals surface area contributed by atoms with Gasteiger partial charge in [-0.1, -0.05) is 44.2 Å². The third kappa shape index (κ3) is 1.75. The Bertz CT molecular complexity index is 600. The Hall–Kier alpha value is -2.10. The topological polar surface area (TPSA) is 52.6 Å². The number of hydrogen-bond donors (Lipinski definition) is 0. The third-order valence-electron chi connectivity index (χ3n) is 4.00. The van der Waals surface area contributed by atoms with Crippen LogP contribution in [0.25, 0.3) is 5.57 Å². The number of carbonyl (C=O) groups is 2. The Morgan fingerprint density at radius 2 is 1.80 bits per heavy atom. The van der Waals surface area contributed by atoms with Crippen molar-refractivity contribution in [3.63, 3.8) is 0 Å². The van der Waals surface area contributed by atoms with Gasteiger partial charge < -0.3 is 9.47 Å². The summed E-state index contributed by atoms with van der Waals surface area (Å²) in [5.41, 5.74) is -0.124. The molecule has 0 radical (unpaired) electrons. The molecule has 1 saturated heterocycles. The van der Waals surface area contributed by atoms with Crippen molar-refractivity contribution in [2.75, 3.05) is 6.61 Å². The SMILES string of the molecule is CC1(C)COC(=O)[C@@]12C=C(c1ccccc1)CC(=O)O2. The van der Waals surface area contributed by atoms with Gasteiger partial charge in [0.25, 0.3) is 0 Å². The van der Waals surface area contributed by atoms with Gasteiger partial charge in [0.05, 0.1) is 11.8 Å². The summed E-state index contributed by atoms with van der Waals surface area (Å²) < 4.78 is 10.6. The molecule has 0 aliphatic carbocycles. The van der Waals surface area contributed by atoms with Crippen LogP contribution in [0, 0.1) is 5.41 Å². The first kappa shape index (κ1) is 12.9. The van der Waals surface area contributed by atoms with Crippen molar-refractivity contribution in [1.29, 1.82) is 0 Å². The van der Waals surface area contributed by atoms with Gasteiger partial charge in [0.2, 0.25) is 5.60 Å². The molecule has 4 nitrogen and oxygen atoms in total. The van der Waals surface area contributed by atoms with E-state index in [0.717, 1.165) is 11.1 Å². The Labute approximate surface area is 117 Å². The maximum absolute atomic E-state index is 12.1. The van der Waals surface area contributed by atoms with E-state index in [9.17, 15) is 9.59 Å². The van der Waals surface area contributed by atoms with Crippen LogP contribution in [0.1, 0.15) is 25.8 Å². The highest BCUT2D eigenvalue weighted by molar-refractivity contribution is 5.97. The molecule has 20 heavy (non-hydrogen) atoms. The zero-order chi connectivity index (χ0) is 14.4. The van der Waals surface area contributed by atoms with Crippen LogP contribution < -0.4 is 0 Å². The minimum Gasteiger partial charge on any atom is -0.462 e. The van der Waals surface area contributed by atoms with Crippen molar-refractivity contribution in [1.82, 2.24) is 0 Å². The summed E-state index contributed by atoms with van der Waals surface area (Å²) in [5, 5.41) is 0. The van der Waals surface area contributed by atoms with Crippen molar-refractivity contribution < 1.29 is 19.1 Å². The molecule has 0 unspecified atom stereocenters. The lowest BCUT2D eigenvalue weighted by atomic mass is 9.74. The lowest BCUT2D eigenvalue weighted by molar-refractivity contribution is -0.173. The largest absolute Gasteiger partial charge is 0.462 e. The fraction of sp³-hybridized carbons (Fsp3) is 0.375. The summed E-state index contributed by atoms with van der Waals surface area (Å²) in [5.74, 6) is -0.873. The average molecular weight is 272 g/mol. The Morgan fingerprint density at radius 3 is 2.40 bits per heavy atom. The zero-order valence-electron chi connectivity index (χ0n) is 11.5. The smallest absolute Gasteiger partial charge is 0.355 e. The van der Waals surface area contributed by atoms with Crippen molar-refractivity contribution >= 4 is 17.5 Å². The fourth-order valence-corrected chi connectivity index (χ4v) is 2.71. The molecule has 2 aliphatic heterocycles. The van der Waals surface area contributed by atoms with Gasteiger partial charge in [0.1, 0.15) is 6.61 Å². The van der Waals surface area contributed by atoms with Gasteiger partial charge in [0.15, 0.2) is 0 Å². The first-order valence-electron chi connectivity index (χ1n) is 6.61. The van der Waals surface area contributed by atoms with Crippen LogP contribution in [0.3, 0.4) is 0 Å². The fourth-order valence-electron chi connectivity index (χ4n) is 2.71. The third-order valence-corrected chi connectivity index (χ3v) is 4.00. The molecule has 2 heterocycles. The van der Waals surface area contributed by atoms with E-state index >= 15 is 0 Å². The molecule has 0 amide bonds. The molecule has 1 aromatic carbocycles. The van der Waals surface area contributed by atoms with E-state index in [1.54, 1.807) is 6.08 Å². The summed E-state index contributed by atoms with van der Waals surface area (Å²) >= 11 is 0. The van der Waals surface area contributed by atoms with Crippen LogP contribution in [-0.2, 0) is 19.1 Å². The number of benzene rings is 1. The molecule has 104 valence electrons. The molecule has 0 aromatic heterocycles. The second-order valence-electron chi connectivity index (χ2n) is 5.88. The van der Waals surface area contributed by atoms with E-state index in [1.807, 2.05) is 44.2 Å². The zero-order valence-corrected chi connectivity index (χ0v) is 11.5. The van der Waals surface area contributed by atoms with E-state index < -0.39 is 23.0 Å². The van der Waals surface area contributed by atoms with E-state index in [2.05, 4.69) is 0 Å². The number of carbonyl (C=O) groups excluding carboxylic acids is 2. The molecule has 3 rings (SSSR count). The maximum Gasteiger partial charge on any atom is 0.355 e. The molecular formula is C16H16O4. The van der Waals surface area contributed by atoms with Crippen molar-refractivity contribution in [3.8, 4) is 0 Å². The van der Waals surface area contributed by atoms with Crippen molar-refractivity contribution in [3.05, 3.63) is 42.0 Å². The molecule has 0 bridgehead atoms. The number of rotatable bonds is 1. The number of ether oxygens (including phenoxy) is 2. The monoisotopic (exact) mass is 272 g/mol. The normalized spacial score (nSPS) is 28.0. The summed E-state index contributed by atoms with van der Waals surface area (Å²) in [6.07, 6.45) is 1.94. The molecule has 1 spiro atoms. The van der Waals surface area contributed by atoms with Crippen LogP contribution in [0.5, 0.6) is 0 Å². The maximum atomic E-state index is 12.1. The van der Waals surface area contributed by atoms with Gasteiger partial charge in [-0.05, 0) is 17.2 Å². The summed E-state index contributed by atoms with van der Waals surface area (Å²) in [7, 11) is 0. The highest BCUT2D eigenvalue weighted by Gasteiger charge is 2.61. The molecular weight excluding hydrogens is 256 g/mol. The molecule has 4 heteroatoms. The molecule has 0 saturated carbocycles. The lowest BCUT2D eigenvalue weighted by Gasteiger charge is -2.36. The molecule has 1 atom stereocenters. The van der Waals surface area contributed by atoms with Gasteiger partial charge in [-0.25, -0.2) is 4.79 Å². The van der Waals surface area contributed by atoms with Crippen LogP contribution in [0.2, 0.25) is 0 Å². The summed E-state index contributed by atoms with van der Waals surface area (Å²) in [6, 6.07) is 9.56. The first-order chi connectivity index (χ1) is 9.45. The van der Waals surface area contributed by atoms with Crippen LogP contribution >= 0.6 is 0 Å². The predicted octanol–water partition coefficient (Wildman–Crippen LogP) is 2.34. The van der Waals surface area contributed by atoms with Gasteiger partial charge in [-0.15, -0.1) is 0 Å². The minimum atomic E-state index is -1.30. The summed E-state index contributed by atoms with van der Waals surface area (Å²) in [6.45, 7) is 3.99. The van der Waals surface area contributed by atoms with E-state index in [-0.39, 0.29) is 13.0 Å². The lowest BCUT2D eigenvalue weighted by Crippen LogP contribution is -2.50. The first-order valence-corrected chi connectivity index (χ1v) is 6.61. The molecule has 2 aliphatic rings. The van der Waals surface area contributed by atoms with Gasteiger partial charge in [0, 0.05) is 0 Å². The Kier molecular flexibility index (Phi) is 2.71. The second kappa shape index (κ2) is 4.20. The molecule has 0 N–H and O–H groups in total. The van der Waals surface area contributed by atoms with E-state index in [0.29, 0.717) is 0 Å². The average Bonchev–Trinajstić information content (AvgIpc) is 2.63. The van der Waals surface area contributed by atoms with E-state index in [1.165, 1.54) is 0 Å². The second-order valence-corrected chi connectivity index (χ2v) is 5.88. The quantitative estimate of drug-likeness (QED) is 0.736. The molecule has 1 aromatic rings. The Balaban J connectivity index is 2.13. The van der Waals surface area contributed by atoms with Crippen molar-refractivity contribution in [2.24, 2.45) is 5.41 Å². The van der Waals surface area contributed by atoms with Gasteiger partial charge in [-0.3, -0.25) is 4.79 Å². The van der Waals surface area contributed by atoms with Crippen LogP contribution in [-0.4, -0.2) is 24.1 Å². The van der Waals surface area contributed by atoms with Crippen LogP contribution in [0.4, 0.5) is 0 Å². The molecule has 1 fully saturated rings. The van der Waals surface area contributed by atoms with Crippen LogP contribution in [0.15, 0.2) is 36.4 Å². The predicted molar refractivity (Wildman–Crippen MR) is 72.6 cm³/mol. The highest BCUT2D eigenvalue weighted by atomic mass is 16.6. The van der Waals surface area contributed by atoms with E-state index in [4.69, 9.17) is 9.47 Å². The summed E-state index contributed by atoms with van der Waals surface area (Å²) in [4.78, 5) is 24.1. The van der Waals surface area contributed by atoms with Gasteiger partial charge in [-0.2, -0.15) is 0 Å².